The third-order valence-corrected chi connectivity index (χ3v) is 0.394. The lowest BCUT2D eigenvalue weighted by Gasteiger charge is -1.76. The van der Waals surface area contributed by atoms with Crippen LogP contribution in [-0.2, 0) is 4.79 Å². The molecule has 0 radical (unpaired) electrons. The minimum absolute atomic E-state index is 0.352. The minimum atomic E-state index is -1.17. The molecule has 0 aliphatic carbocycles. The lowest BCUT2D eigenvalue weighted by atomic mass is 10.7. The molecular formula is C5H7ClO2. The van der Waals surface area contributed by atoms with E-state index in [0.29, 0.717) is 0 Å². The first-order valence-corrected chi connectivity index (χ1v) is 2.10. The van der Waals surface area contributed by atoms with E-state index in [9.17, 15) is 4.79 Å². The van der Waals surface area contributed by atoms with Crippen LogP contribution in [-0.4, -0.2) is 11.1 Å². The van der Waals surface area contributed by atoms with Crippen LogP contribution in [0.1, 0.15) is 0 Å². The van der Waals surface area contributed by atoms with Gasteiger partial charge >= 0.3 is 5.97 Å². The Morgan fingerprint density at radius 1 is 1.50 bits per heavy atom. The maximum Gasteiger partial charge on any atom is 0.346 e. The Kier molecular flexibility index (Phi) is 8.01. The normalized spacial score (nSPS) is 6.12. The van der Waals surface area contributed by atoms with Gasteiger partial charge in [-0.1, -0.05) is 18.2 Å². The average molecular weight is 135 g/mol. The molecule has 0 bridgehead atoms. The van der Waals surface area contributed by atoms with E-state index >= 15 is 0 Å². The van der Waals surface area contributed by atoms with Crippen molar-refractivity contribution in [3.63, 3.8) is 0 Å². The number of carboxylic acids is 1. The number of carbonyl (C=O) groups is 1. The molecule has 0 saturated heterocycles. The Balaban J connectivity index is 0. The van der Waals surface area contributed by atoms with Gasteiger partial charge in [-0.3, -0.25) is 0 Å². The number of hydrogen-bond donors (Lipinski definition) is 1. The maximum absolute atomic E-state index is 9.47. The Morgan fingerprint density at radius 2 is 1.62 bits per heavy atom. The second-order valence-corrected chi connectivity index (χ2v) is 1.17. The number of aliphatic carboxylic acids is 1. The lowest BCUT2D eigenvalue weighted by Crippen LogP contribution is -1.89. The molecule has 0 unspecified atom stereocenters. The fourth-order valence-electron chi connectivity index (χ4n) is 0. The van der Waals surface area contributed by atoms with Crippen molar-refractivity contribution < 1.29 is 9.90 Å². The average Bonchev–Trinajstić information content (AvgIpc) is 1.72. The van der Waals surface area contributed by atoms with Crippen LogP contribution in [0.15, 0.2) is 24.8 Å². The fraction of sp³-hybridized carbons (Fsp3) is 0. The van der Waals surface area contributed by atoms with Crippen LogP contribution in [0.4, 0.5) is 0 Å². The summed E-state index contributed by atoms with van der Waals surface area (Å²) in [6, 6.07) is 0. The highest BCUT2D eigenvalue weighted by molar-refractivity contribution is 6.40. The van der Waals surface area contributed by atoms with E-state index in [2.05, 4.69) is 19.7 Å². The van der Waals surface area contributed by atoms with E-state index in [0.717, 1.165) is 0 Å². The van der Waals surface area contributed by atoms with Crippen molar-refractivity contribution in [2.75, 3.05) is 0 Å². The molecule has 0 fully saturated rings. The molecular weight excluding hydrogens is 128 g/mol. The predicted octanol–water partition coefficient (Wildman–Crippen LogP) is 1.63. The summed E-state index contributed by atoms with van der Waals surface area (Å²) in [5.41, 5.74) is 0. The molecule has 0 amide bonds. The van der Waals surface area contributed by atoms with Crippen LogP contribution in [0.5, 0.6) is 0 Å². The van der Waals surface area contributed by atoms with Crippen LogP contribution < -0.4 is 0 Å². The zero-order valence-electron chi connectivity index (χ0n) is 4.35. The van der Waals surface area contributed by atoms with Crippen molar-refractivity contribution in [1.82, 2.24) is 0 Å². The molecule has 0 aliphatic rings. The van der Waals surface area contributed by atoms with Crippen molar-refractivity contribution in [2.45, 2.75) is 0 Å². The summed E-state index contributed by atoms with van der Waals surface area (Å²) in [6.45, 7) is 8.92. The van der Waals surface area contributed by atoms with Gasteiger partial charge in [0.2, 0.25) is 0 Å². The zero-order valence-corrected chi connectivity index (χ0v) is 5.11. The summed E-state index contributed by atoms with van der Waals surface area (Å²) in [6.07, 6.45) is 0. The minimum Gasteiger partial charge on any atom is -0.477 e. The highest BCUT2D eigenvalue weighted by atomic mass is 35.5. The van der Waals surface area contributed by atoms with Gasteiger partial charge in [-0.25, -0.2) is 4.79 Å². The molecule has 0 heterocycles. The molecule has 0 aromatic rings. The van der Waals surface area contributed by atoms with Gasteiger partial charge in [0, 0.05) is 0 Å². The molecule has 2 nitrogen and oxygen atoms in total. The van der Waals surface area contributed by atoms with Gasteiger partial charge in [-0.05, 0) is 0 Å². The van der Waals surface area contributed by atoms with Crippen molar-refractivity contribution in [3.05, 3.63) is 24.8 Å². The topological polar surface area (TPSA) is 37.3 Å². The summed E-state index contributed by atoms with van der Waals surface area (Å²) < 4.78 is 0. The Labute approximate surface area is 53.1 Å². The van der Waals surface area contributed by atoms with Crippen LogP contribution in [0, 0.1) is 0 Å². The monoisotopic (exact) mass is 134 g/mol. The Bertz CT molecular complexity index is 86.6. The van der Waals surface area contributed by atoms with Crippen LogP contribution in [0.3, 0.4) is 0 Å². The molecule has 3 heteroatoms. The van der Waals surface area contributed by atoms with E-state index in [-0.39, 0.29) is 5.03 Å². The molecule has 8 heavy (non-hydrogen) atoms. The number of halogens is 1. The third kappa shape index (κ3) is 8.97. The highest BCUT2D eigenvalue weighted by Crippen LogP contribution is 1.92. The SMILES string of the molecule is C=C.C=C(Cl)C(=O)O. The maximum atomic E-state index is 9.47. The summed E-state index contributed by atoms with van der Waals surface area (Å²) >= 11 is 4.82. The first-order chi connectivity index (χ1) is 3.64. The zero-order chi connectivity index (χ0) is 7.15. The van der Waals surface area contributed by atoms with Crippen molar-refractivity contribution >= 4 is 17.6 Å². The Morgan fingerprint density at radius 3 is 1.62 bits per heavy atom. The van der Waals surface area contributed by atoms with Gasteiger partial charge in [0.25, 0.3) is 0 Å². The molecule has 0 rings (SSSR count). The van der Waals surface area contributed by atoms with E-state index < -0.39 is 5.97 Å². The van der Waals surface area contributed by atoms with E-state index in [1.807, 2.05) is 0 Å². The molecule has 0 atom stereocenters. The first kappa shape index (κ1) is 10.3. The van der Waals surface area contributed by atoms with Crippen LogP contribution in [0.2, 0.25) is 0 Å². The summed E-state index contributed by atoms with van der Waals surface area (Å²) in [7, 11) is 0. The summed E-state index contributed by atoms with van der Waals surface area (Å²) in [5, 5.41) is 7.41. The largest absolute Gasteiger partial charge is 0.477 e. The molecule has 0 aromatic carbocycles. The van der Waals surface area contributed by atoms with E-state index in [1.54, 1.807) is 0 Å². The first-order valence-electron chi connectivity index (χ1n) is 1.72. The molecule has 1 N–H and O–H groups in total. The van der Waals surface area contributed by atoms with Crippen molar-refractivity contribution in [1.29, 1.82) is 0 Å². The second-order valence-electron chi connectivity index (χ2n) is 0.710. The van der Waals surface area contributed by atoms with Crippen LogP contribution in [0.25, 0.3) is 0 Å². The smallest absolute Gasteiger partial charge is 0.346 e. The standard InChI is InChI=1S/C3H3ClO2.C2H4/c1-2(4)3(5)6;1-2/h1H2,(H,5,6);1-2H2. The molecule has 0 saturated carbocycles. The molecule has 0 spiro atoms. The van der Waals surface area contributed by atoms with Gasteiger partial charge in [0.05, 0.1) is 0 Å². The number of carboxylic acid groups (broad SMARTS) is 1. The van der Waals surface area contributed by atoms with Gasteiger partial charge in [0.15, 0.2) is 0 Å². The van der Waals surface area contributed by atoms with Crippen molar-refractivity contribution in [2.24, 2.45) is 0 Å². The molecule has 0 aliphatic heterocycles. The molecule has 0 aromatic heterocycles. The van der Waals surface area contributed by atoms with E-state index in [4.69, 9.17) is 16.7 Å². The van der Waals surface area contributed by atoms with Gasteiger partial charge < -0.3 is 5.11 Å². The molecule has 46 valence electrons. The lowest BCUT2D eigenvalue weighted by molar-refractivity contribution is -0.131. The third-order valence-electron chi connectivity index (χ3n) is 0.232. The summed E-state index contributed by atoms with van der Waals surface area (Å²) in [5.74, 6) is -1.17. The highest BCUT2D eigenvalue weighted by Gasteiger charge is 1.93. The quantitative estimate of drug-likeness (QED) is 0.437. The van der Waals surface area contributed by atoms with Gasteiger partial charge in [0.1, 0.15) is 5.03 Å². The number of rotatable bonds is 1. The number of hydrogen-bond acceptors (Lipinski definition) is 1. The summed E-state index contributed by atoms with van der Waals surface area (Å²) in [4.78, 5) is 9.47. The predicted molar refractivity (Wildman–Crippen MR) is 33.9 cm³/mol. The van der Waals surface area contributed by atoms with Crippen LogP contribution >= 0.6 is 11.6 Å². The Hall–Kier alpha value is -0.760. The van der Waals surface area contributed by atoms with Gasteiger partial charge in [-0.15, -0.1) is 13.2 Å². The fourth-order valence-corrected chi connectivity index (χ4v) is 0. The van der Waals surface area contributed by atoms with Gasteiger partial charge in [-0.2, -0.15) is 0 Å². The van der Waals surface area contributed by atoms with E-state index in [1.165, 1.54) is 0 Å². The van der Waals surface area contributed by atoms with Crippen molar-refractivity contribution in [3.8, 4) is 0 Å². The second kappa shape index (κ2) is 6.24.